The molecule has 5 nitrogen and oxygen atoms in total. The topological polar surface area (TPSA) is 63.7 Å². The first-order valence-electron chi connectivity index (χ1n) is 6.27. The molecular weight excluding hydrogens is 271 g/mol. The van der Waals surface area contributed by atoms with Crippen LogP contribution in [0.25, 0.3) is 11.0 Å². The Morgan fingerprint density at radius 3 is 2.71 bits per heavy atom. The van der Waals surface area contributed by atoms with Gasteiger partial charge in [0.05, 0.1) is 19.0 Å². The van der Waals surface area contributed by atoms with Gasteiger partial charge in [-0.3, -0.25) is 0 Å². The summed E-state index contributed by atoms with van der Waals surface area (Å²) < 4.78 is 20.4. The third-order valence-electron chi connectivity index (χ3n) is 3.18. The average molecular weight is 282 g/mol. The van der Waals surface area contributed by atoms with Crippen molar-refractivity contribution in [3.63, 3.8) is 0 Å². The largest absolute Gasteiger partial charge is 0.497 e. The van der Waals surface area contributed by atoms with Gasteiger partial charge < -0.3 is 4.74 Å². The lowest BCUT2D eigenvalue weighted by atomic mass is 10.2. The van der Waals surface area contributed by atoms with Crippen molar-refractivity contribution in [1.82, 2.24) is 14.8 Å². The Morgan fingerprint density at radius 2 is 2.05 bits per heavy atom. The normalized spacial score (nSPS) is 10.5. The Labute approximate surface area is 120 Å². The zero-order valence-electron chi connectivity index (χ0n) is 11.2. The molecule has 0 N–H and O–H groups in total. The van der Waals surface area contributed by atoms with Crippen molar-refractivity contribution in [1.29, 1.82) is 5.26 Å². The summed E-state index contributed by atoms with van der Waals surface area (Å²) in [5, 5.41) is 13.4. The molecular formula is C15H11FN4O. The molecule has 0 aliphatic carbocycles. The molecule has 0 amide bonds. The van der Waals surface area contributed by atoms with E-state index in [1.54, 1.807) is 7.11 Å². The molecule has 0 saturated heterocycles. The van der Waals surface area contributed by atoms with E-state index < -0.39 is 5.82 Å². The van der Waals surface area contributed by atoms with Gasteiger partial charge in [0.25, 0.3) is 0 Å². The second kappa shape index (κ2) is 5.21. The molecule has 2 heterocycles. The highest BCUT2D eigenvalue weighted by atomic mass is 19.1. The highest BCUT2D eigenvalue weighted by Gasteiger charge is 2.15. The van der Waals surface area contributed by atoms with E-state index >= 15 is 0 Å². The van der Waals surface area contributed by atoms with E-state index in [-0.39, 0.29) is 11.1 Å². The molecule has 0 bridgehead atoms. The second-order valence-electron chi connectivity index (χ2n) is 4.46. The summed E-state index contributed by atoms with van der Waals surface area (Å²) in [6.45, 7) is 0.401. The third-order valence-corrected chi connectivity index (χ3v) is 3.18. The van der Waals surface area contributed by atoms with E-state index in [0.717, 1.165) is 11.3 Å². The minimum Gasteiger partial charge on any atom is -0.497 e. The molecule has 21 heavy (non-hydrogen) atoms. The van der Waals surface area contributed by atoms with Gasteiger partial charge in [0.2, 0.25) is 0 Å². The van der Waals surface area contributed by atoms with E-state index in [9.17, 15) is 4.39 Å². The molecule has 0 saturated carbocycles. The van der Waals surface area contributed by atoms with Crippen LogP contribution in [0.5, 0.6) is 5.75 Å². The highest BCUT2D eigenvalue weighted by molar-refractivity contribution is 5.81. The fourth-order valence-corrected chi connectivity index (χ4v) is 2.15. The SMILES string of the molecule is COc1ccc(Cn2nc(C#N)c3c(F)ccnc32)cc1. The molecule has 0 atom stereocenters. The van der Waals surface area contributed by atoms with Gasteiger partial charge in [-0.2, -0.15) is 10.4 Å². The molecule has 104 valence electrons. The standard InChI is InChI=1S/C15H11FN4O/c1-21-11-4-2-10(3-5-11)9-20-15-14(13(8-17)19-20)12(16)6-7-18-15/h2-7H,9H2,1H3. The number of aromatic nitrogens is 3. The molecule has 0 aliphatic rings. The number of ether oxygens (including phenoxy) is 1. The fourth-order valence-electron chi connectivity index (χ4n) is 2.15. The number of rotatable bonds is 3. The summed E-state index contributed by atoms with van der Waals surface area (Å²) in [6.07, 6.45) is 1.37. The Bertz CT molecular complexity index is 833. The molecule has 3 rings (SSSR count). The average Bonchev–Trinajstić information content (AvgIpc) is 2.87. The van der Waals surface area contributed by atoms with Crippen molar-refractivity contribution >= 4 is 11.0 Å². The molecule has 0 spiro atoms. The molecule has 0 aliphatic heterocycles. The van der Waals surface area contributed by atoms with Gasteiger partial charge in [-0.15, -0.1) is 0 Å². The number of benzene rings is 1. The number of nitrogens with zero attached hydrogens (tertiary/aromatic N) is 4. The van der Waals surface area contributed by atoms with Gasteiger partial charge >= 0.3 is 0 Å². The van der Waals surface area contributed by atoms with Crippen LogP contribution in [0.4, 0.5) is 4.39 Å². The number of halogens is 1. The van der Waals surface area contributed by atoms with Crippen molar-refractivity contribution in [3.8, 4) is 11.8 Å². The van der Waals surface area contributed by atoms with Crippen LogP contribution in [0.15, 0.2) is 36.5 Å². The third kappa shape index (κ3) is 2.30. The molecule has 6 heteroatoms. The monoisotopic (exact) mass is 282 g/mol. The van der Waals surface area contributed by atoms with E-state index in [2.05, 4.69) is 10.1 Å². The Kier molecular flexibility index (Phi) is 3.24. The molecule has 0 radical (unpaired) electrons. The molecule has 3 aromatic rings. The van der Waals surface area contributed by atoms with Crippen LogP contribution in [0.1, 0.15) is 11.3 Å². The van der Waals surface area contributed by atoms with Crippen molar-refractivity contribution < 1.29 is 9.13 Å². The first-order valence-corrected chi connectivity index (χ1v) is 6.27. The maximum absolute atomic E-state index is 13.8. The van der Waals surface area contributed by atoms with E-state index in [1.165, 1.54) is 16.9 Å². The minimum atomic E-state index is -0.488. The van der Waals surface area contributed by atoms with Crippen molar-refractivity contribution in [2.45, 2.75) is 6.54 Å². The van der Waals surface area contributed by atoms with Crippen LogP contribution in [0.2, 0.25) is 0 Å². The second-order valence-corrected chi connectivity index (χ2v) is 4.46. The summed E-state index contributed by atoms with van der Waals surface area (Å²) in [7, 11) is 1.60. The van der Waals surface area contributed by atoms with Gasteiger partial charge in [-0.05, 0) is 23.8 Å². The Hall–Kier alpha value is -2.94. The first-order chi connectivity index (χ1) is 10.2. The molecule has 2 aromatic heterocycles. The lowest BCUT2D eigenvalue weighted by Crippen LogP contribution is -2.03. The summed E-state index contributed by atoms with van der Waals surface area (Å²) in [6, 6.07) is 10.6. The lowest BCUT2D eigenvalue weighted by molar-refractivity contribution is 0.414. The van der Waals surface area contributed by atoms with Crippen molar-refractivity contribution in [2.24, 2.45) is 0 Å². The fraction of sp³-hybridized carbons (Fsp3) is 0.133. The van der Waals surface area contributed by atoms with E-state index in [1.807, 2.05) is 30.3 Å². The van der Waals surface area contributed by atoms with Crippen LogP contribution < -0.4 is 4.74 Å². The smallest absolute Gasteiger partial charge is 0.174 e. The minimum absolute atomic E-state index is 0.0455. The zero-order chi connectivity index (χ0) is 14.8. The van der Waals surface area contributed by atoms with Crippen molar-refractivity contribution in [3.05, 3.63) is 53.6 Å². The first kappa shape index (κ1) is 13.1. The number of hydrogen-bond acceptors (Lipinski definition) is 4. The zero-order valence-corrected chi connectivity index (χ0v) is 11.2. The molecule has 0 fully saturated rings. The van der Waals surface area contributed by atoms with Gasteiger partial charge in [-0.1, -0.05) is 12.1 Å². The summed E-state index contributed by atoms with van der Waals surface area (Å²) in [5.41, 5.74) is 1.36. The highest BCUT2D eigenvalue weighted by Crippen LogP contribution is 2.20. The van der Waals surface area contributed by atoms with Crippen LogP contribution in [0.3, 0.4) is 0 Å². The summed E-state index contributed by atoms with van der Waals surface area (Å²) in [5.74, 6) is 0.267. The Morgan fingerprint density at radius 1 is 1.29 bits per heavy atom. The van der Waals surface area contributed by atoms with Crippen LogP contribution >= 0.6 is 0 Å². The van der Waals surface area contributed by atoms with E-state index in [0.29, 0.717) is 12.2 Å². The number of nitriles is 1. The van der Waals surface area contributed by atoms with Crippen LogP contribution in [-0.4, -0.2) is 21.9 Å². The summed E-state index contributed by atoms with van der Waals surface area (Å²) in [4.78, 5) is 4.13. The summed E-state index contributed by atoms with van der Waals surface area (Å²) >= 11 is 0. The predicted molar refractivity (Wildman–Crippen MR) is 74.3 cm³/mol. The van der Waals surface area contributed by atoms with Crippen LogP contribution in [0, 0.1) is 17.1 Å². The number of fused-ring (bicyclic) bond motifs is 1. The Balaban J connectivity index is 2.04. The van der Waals surface area contributed by atoms with Gasteiger partial charge in [0, 0.05) is 6.20 Å². The predicted octanol–water partition coefficient (Wildman–Crippen LogP) is 2.50. The quantitative estimate of drug-likeness (QED) is 0.740. The number of hydrogen-bond donors (Lipinski definition) is 0. The number of pyridine rings is 1. The van der Waals surface area contributed by atoms with Gasteiger partial charge in [0.15, 0.2) is 11.3 Å². The van der Waals surface area contributed by atoms with Crippen molar-refractivity contribution in [2.75, 3.05) is 7.11 Å². The maximum Gasteiger partial charge on any atom is 0.174 e. The van der Waals surface area contributed by atoms with Gasteiger partial charge in [-0.25, -0.2) is 14.1 Å². The lowest BCUT2D eigenvalue weighted by Gasteiger charge is -2.04. The maximum atomic E-state index is 13.8. The van der Waals surface area contributed by atoms with Crippen LogP contribution in [-0.2, 0) is 6.54 Å². The number of methoxy groups -OCH3 is 1. The van der Waals surface area contributed by atoms with E-state index in [4.69, 9.17) is 10.00 Å². The molecule has 1 aromatic carbocycles. The van der Waals surface area contributed by atoms with Gasteiger partial charge in [0.1, 0.15) is 17.6 Å². The molecule has 0 unspecified atom stereocenters.